The van der Waals surface area contributed by atoms with Gasteiger partial charge in [0.05, 0.1) is 11.9 Å². The first-order chi connectivity index (χ1) is 17.5. The van der Waals surface area contributed by atoms with Gasteiger partial charge in [0, 0.05) is 62.1 Å². The Morgan fingerprint density at radius 3 is 2.38 bits per heavy atom. The molecule has 1 aromatic heterocycles. The van der Waals surface area contributed by atoms with Crippen molar-refractivity contribution >= 4 is 59.1 Å². The summed E-state index contributed by atoms with van der Waals surface area (Å²) in [7, 11) is 0. The van der Waals surface area contributed by atoms with Gasteiger partial charge in [0.1, 0.15) is 11.2 Å². The summed E-state index contributed by atoms with van der Waals surface area (Å²) in [4.78, 5) is 22.0. The van der Waals surface area contributed by atoms with E-state index in [0.29, 0.717) is 45.0 Å². The van der Waals surface area contributed by atoms with Crippen molar-refractivity contribution in [3.05, 3.63) is 30.0 Å². The van der Waals surface area contributed by atoms with Crippen LogP contribution < -0.4 is 15.0 Å². The molecule has 0 aliphatic carbocycles. The third-order valence-electron chi connectivity index (χ3n) is 6.94. The number of amides is 1. The third-order valence-corrected chi connectivity index (χ3v) is 7.90. The van der Waals surface area contributed by atoms with Crippen LogP contribution in [0.5, 0.6) is 5.75 Å². The van der Waals surface area contributed by atoms with Crippen molar-refractivity contribution < 1.29 is 35.9 Å². The van der Waals surface area contributed by atoms with Gasteiger partial charge in [-0.1, -0.05) is 12.1 Å². The monoisotopic (exact) mass is 621 g/mol. The largest absolute Gasteiger partial charge is 0.573 e. The summed E-state index contributed by atoms with van der Waals surface area (Å²) in [6, 6.07) is 4.47. The molecule has 16 heteroatoms. The molecule has 2 aromatic rings. The van der Waals surface area contributed by atoms with E-state index in [1.165, 1.54) is 12.1 Å². The summed E-state index contributed by atoms with van der Waals surface area (Å²) < 4.78 is 83.5. The van der Waals surface area contributed by atoms with Gasteiger partial charge in [-0.05, 0) is 18.6 Å². The quantitative estimate of drug-likeness (QED) is 0.509. The standard InChI is InChI=1S/C23H25F6N5O2S.2ClH/c24-22(25,26)19-11-17(15-2-1-3-18(20(15)31-19)36-23(27,28)29)33-6-4-32(5-7-33)14-10-16(30-12-14)21(35)34-8-9-37-13-34;;/h1-3,11,14,16,30H,4-10,12-13H2;2*1H/t14-,16-;;/m0../s1. The number of nitrogens with zero attached hydrogens (tertiary/aromatic N) is 4. The number of carbonyl (C=O) groups is 1. The molecule has 4 heterocycles. The fraction of sp³-hybridized carbons (Fsp3) is 0.565. The predicted octanol–water partition coefficient (Wildman–Crippen LogP) is 4.38. The number of ether oxygens (including phenoxy) is 1. The van der Waals surface area contributed by atoms with Gasteiger partial charge in [-0.3, -0.25) is 9.69 Å². The lowest BCUT2D eigenvalue weighted by Gasteiger charge is -2.39. The highest BCUT2D eigenvalue weighted by Crippen LogP contribution is 2.39. The molecule has 3 aliphatic heterocycles. The second-order valence-corrected chi connectivity index (χ2v) is 10.3. The van der Waals surface area contributed by atoms with Crippen LogP contribution in [0, 0.1) is 0 Å². The number of nitrogens with one attached hydrogen (secondary N) is 1. The number of para-hydroxylation sites is 1. The van der Waals surface area contributed by atoms with Gasteiger partial charge in [0.25, 0.3) is 0 Å². The molecule has 1 amide bonds. The molecule has 0 radical (unpaired) electrons. The van der Waals surface area contributed by atoms with Gasteiger partial charge in [-0.15, -0.1) is 49.7 Å². The first kappa shape index (κ1) is 31.7. The van der Waals surface area contributed by atoms with E-state index in [4.69, 9.17) is 0 Å². The molecule has 1 aromatic carbocycles. The molecular formula is C23H27Cl2F6N5O2S. The van der Waals surface area contributed by atoms with Gasteiger partial charge in [-0.2, -0.15) is 13.2 Å². The van der Waals surface area contributed by atoms with Crippen LogP contribution in [0.2, 0.25) is 0 Å². The molecule has 0 unspecified atom stereocenters. The maximum Gasteiger partial charge on any atom is 0.573 e. The summed E-state index contributed by atoms with van der Waals surface area (Å²) in [6.45, 7) is 3.22. The Morgan fingerprint density at radius 1 is 1.05 bits per heavy atom. The molecule has 3 saturated heterocycles. The van der Waals surface area contributed by atoms with E-state index < -0.39 is 29.5 Å². The van der Waals surface area contributed by atoms with Crippen LogP contribution in [0.15, 0.2) is 24.3 Å². The van der Waals surface area contributed by atoms with Crippen LogP contribution in [0.4, 0.5) is 32.0 Å². The average Bonchev–Trinajstić information content (AvgIpc) is 3.55. The molecule has 7 nitrogen and oxygen atoms in total. The van der Waals surface area contributed by atoms with Crippen LogP contribution >= 0.6 is 36.6 Å². The van der Waals surface area contributed by atoms with Crippen molar-refractivity contribution in [3.63, 3.8) is 0 Å². The summed E-state index contributed by atoms with van der Waals surface area (Å²) in [6.07, 6.45) is -9.26. The molecule has 3 fully saturated rings. The number of carbonyl (C=O) groups excluding carboxylic acids is 1. The fourth-order valence-electron chi connectivity index (χ4n) is 5.14. The first-order valence-electron chi connectivity index (χ1n) is 11.9. The van der Waals surface area contributed by atoms with E-state index in [0.717, 1.165) is 24.4 Å². The predicted molar refractivity (Wildman–Crippen MR) is 141 cm³/mol. The van der Waals surface area contributed by atoms with E-state index in [9.17, 15) is 31.1 Å². The Labute approximate surface area is 237 Å². The lowest BCUT2D eigenvalue weighted by Crippen LogP contribution is -2.51. The van der Waals surface area contributed by atoms with E-state index in [2.05, 4.69) is 19.9 Å². The highest BCUT2D eigenvalue weighted by molar-refractivity contribution is 7.99. The number of anilines is 1. The maximum atomic E-state index is 13.6. The minimum atomic E-state index is -5.07. The number of thioether (sulfide) groups is 1. The number of aromatic nitrogens is 1. The van der Waals surface area contributed by atoms with Crippen molar-refractivity contribution in [3.8, 4) is 5.75 Å². The number of rotatable bonds is 4. The van der Waals surface area contributed by atoms with Crippen LogP contribution in [0.3, 0.4) is 0 Å². The molecule has 39 heavy (non-hydrogen) atoms. The number of hydrogen-bond acceptors (Lipinski definition) is 7. The molecule has 3 aliphatic rings. The second-order valence-electron chi connectivity index (χ2n) is 9.24. The highest BCUT2D eigenvalue weighted by atomic mass is 35.5. The van der Waals surface area contributed by atoms with Crippen LogP contribution in [-0.2, 0) is 11.0 Å². The summed E-state index contributed by atoms with van der Waals surface area (Å²) in [5.74, 6) is 0.967. The minimum Gasteiger partial charge on any atom is -0.403 e. The molecule has 0 saturated carbocycles. The number of benzene rings is 1. The molecular weight excluding hydrogens is 595 g/mol. The normalized spacial score (nSPS) is 22.5. The van der Waals surface area contributed by atoms with Gasteiger partial charge >= 0.3 is 12.5 Å². The van der Waals surface area contributed by atoms with Crippen LogP contribution in [0.25, 0.3) is 10.9 Å². The zero-order valence-electron chi connectivity index (χ0n) is 20.4. The third kappa shape index (κ3) is 7.07. The number of fused-ring (bicyclic) bond motifs is 1. The van der Waals surface area contributed by atoms with Gasteiger partial charge < -0.3 is 19.9 Å². The molecule has 2 atom stereocenters. The Bertz CT molecular complexity index is 1160. The zero-order chi connectivity index (χ0) is 26.4. The number of hydrogen-bond donors (Lipinski definition) is 1. The highest BCUT2D eigenvalue weighted by Gasteiger charge is 2.39. The smallest absolute Gasteiger partial charge is 0.403 e. The lowest BCUT2D eigenvalue weighted by molar-refractivity contribution is -0.274. The van der Waals surface area contributed by atoms with Crippen molar-refractivity contribution in [2.75, 3.05) is 55.8 Å². The number of halogens is 8. The van der Waals surface area contributed by atoms with E-state index in [-0.39, 0.29) is 53.9 Å². The summed E-state index contributed by atoms with van der Waals surface area (Å²) >= 11 is 1.73. The van der Waals surface area contributed by atoms with E-state index in [1.807, 2.05) is 4.90 Å². The average molecular weight is 622 g/mol. The van der Waals surface area contributed by atoms with E-state index >= 15 is 0 Å². The van der Waals surface area contributed by atoms with Crippen molar-refractivity contribution in [1.82, 2.24) is 20.1 Å². The molecule has 1 N–H and O–H groups in total. The minimum absolute atomic E-state index is 0. The molecule has 218 valence electrons. The molecule has 0 spiro atoms. The van der Waals surface area contributed by atoms with Crippen LogP contribution in [0.1, 0.15) is 12.1 Å². The van der Waals surface area contributed by atoms with Gasteiger partial charge in [0.2, 0.25) is 5.91 Å². The molecule has 0 bridgehead atoms. The molecule has 5 rings (SSSR count). The lowest BCUT2D eigenvalue weighted by atomic mass is 10.1. The maximum absolute atomic E-state index is 13.6. The van der Waals surface area contributed by atoms with Gasteiger partial charge in [-0.25, -0.2) is 4.98 Å². The zero-order valence-corrected chi connectivity index (χ0v) is 22.9. The summed E-state index contributed by atoms with van der Waals surface area (Å²) in [5, 5.41) is 3.45. The summed E-state index contributed by atoms with van der Waals surface area (Å²) in [5.41, 5.74) is -1.61. The van der Waals surface area contributed by atoms with Crippen molar-refractivity contribution in [1.29, 1.82) is 0 Å². The van der Waals surface area contributed by atoms with Crippen molar-refractivity contribution in [2.24, 2.45) is 0 Å². The fourth-order valence-corrected chi connectivity index (χ4v) is 6.09. The Balaban J connectivity index is 0.00000210. The Hall–Kier alpha value is -1.87. The second kappa shape index (κ2) is 12.3. The number of alkyl halides is 6. The number of pyridine rings is 1. The van der Waals surface area contributed by atoms with Gasteiger partial charge in [0.15, 0.2) is 5.75 Å². The topological polar surface area (TPSA) is 60.9 Å². The first-order valence-corrected chi connectivity index (χ1v) is 13.0. The van der Waals surface area contributed by atoms with Crippen molar-refractivity contribution in [2.45, 2.75) is 31.0 Å². The Kier molecular flexibility index (Phi) is 10.0. The SMILES string of the molecule is Cl.Cl.O=C([C@@H]1C[C@H](N2CCN(c3cc(C(F)(F)F)nc4c(OC(F)(F)F)cccc34)CC2)CN1)N1CCSC1. The van der Waals surface area contributed by atoms with Crippen LogP contribution in [-0.4, -0.2) is 90.0 Å². The van der Waals surface area contributed by atoms with E-state index in [1.54, 1.807) is 16.7 Å². The Morgan fingerprint density at radius 2 is 1.77 bits per heavy atom. The number of piperazine rings is 1.